The van der Waals surface area contributed by atoms with Gasteiger partial charge in [-0.05, 0) is 43.2 Å². The molecule has 1 amide bonds. The van der Waals surface area contributed by atoms with Gasteiger partial charge in [0.1, 0.15) is 5.82 Å². The van der Waals surface area contributed by atoms with Crippen LogP contribution in [0.15, 0.2) is 48.5 Å². The first-order valence-corrected chi connectivity index (χ1v) is 11.0. The molecule has 7 nitrogen and oxygen atoms in total. The number of carbonyl (C=O) groups is 1. The third-order valence-corrected chi connectivity index (χ3v) is 6.66. The van der Waals surface area contributed by atoms with Crippen LogP contribution >= 0.6 is 0 Å². The molecule has 1 aromatic heterocycles. The van der Waals surface area contributed by atoms with Crippen LogP contribution in [-0.4, -0.2) is 36.6 Å². The second-order valence-electron chi connectivity index (χ2n) is 6.89. The maximum Gasteiger partial charge on any atom is 0.235 e. The van der Waals surface area contributed by atoms with Crippen LogP contribution in [0.2, 0.25) is 0 Å². The molecule has 8 heteroatoms. The molecule has 4 rings (SSSR count). The van der Waals surface area contributed by atoms with Crippen molar-refractivity contribution in [1.29, 1.82) is 0 Å². The van der Waals surface area contributed by atoms with E-state index < -0.39 is 10.0 Å². The number of sulfonamides is 1. The number of aryl methyl sites for hydroxylation is 1. The molecule has 1 aliphatic rings. The number of benzene rings is 2. The Bertz CT molecular complexity index is 1070. The predicted molar refractivity (Wildman–Crippen MR) is 110 cm³/mol. The highest BCUT2D eigenvalue weighted by Gasteiger charge is 2.26. The Morgan fingerprint density at radius 2 is 2.00 bits per heavy atom. The van der Waals surface area contributed by atoms with E-state index in [1.165, 1.54) is 4.31 Å². The number of H-pyrrole nitrogens is 1. The molecule has 0 bridgehead atoms. The molecule has 0 unspecified atom stereocenters. The van der Waals surface area contributed by atoms with Gasteiger partial charge in [0.25, 0.3) is 0 Å². The number of hydrogen-bond acceptors (Lipinski definition) is 4. The van der Waals surface area contributed by atoms with Crippen LogP contribution in [0.5, 0.6) is 0 Å². The van der Waals surface area contributed by atoms with Crippen LogP contribution in [-0.2, 0) is 21.2 Å². The van der Waals surface area contributed by atoms with Gasteiger partial charge in [-0.1, -0.05) is 18.2 Å². The number of amides is 1. The van der Waals surface area contributed by atoms with Gasteiger partial charge in [-0.2, -0.15) is 0 Å². The Labute approximate surface area is 163 Å². The van der Waals surface area contributed by atoms with Crippen LogP contribution < -0.4 is 9.62 Å². The van der Waals surface area contributed by atoms with Crippen molar-refractivity contribution in [2.24, 2.45) is 0 Å². The van der Waals surface area contributed by atoms with Crippen molar-refractivity contribution in [1.82, 2.24) is 9.97 Å². The van der Waals surface area contributed by atoms with Crippen molar-refractivity contribution in [2.75, 3.05) is 21.9 Å². The molecule has 146 valence electrons. The summed E-state index contributed by atoms with van der Waals surface area (Å²) in [5.41, 5.74) is 3.02. The molecule has 2 aromatic carbocycles. The van der Waals surface area contributed by atoms with Crippen molar-refractivity contribution in [3.8, 4) is 0 Å². The standard InChI is InChI=1S/C20H22N4O3S/c25-20(11-10-19-22-17-8-1-2-9-18(17)23-19)21-15-6-5-7-16(14-15)24-12-3-4-13-28(24,26)27/h1-2,5-9,14H,3-4,10-13H2,(H,21,25)(H,22,23). The lowest BCUT2D eigenvalue weighted by Gasteiger charge is -2.28. The van der Waals surface area contributed by atoms with Crippen molar-refractivity contribution < 1.29 is 13.2 Å². The molecule has 1 fully saturated rings. The summed E-state index contributed by atoms with van der Waals surface area (Å²) in [5, 5.41) is 2.85. The zero-order chi connectivity index (χ0) is 19.6. The Hall–Kier alpha value is -2.87. The minimum atomic E-state index is -3.27. The van der Waals surface area contributed by atoms with Crippen LogP contribution in [0.25, 0.3) is 11.0 Å². The van der Waals surface area contributed by atoms with Gasteiger partial charge in [0.05, 0.1) is 22.5 Å². The molecular weight excluding hydrogens is 376 g/mol. The van der Waals surface area contributed by atoms with Crippen LogP contribution in [0.1, 0.15) is 25.1 Å². The lowest BCUT2D eigenvalue weighted by Crippen LogP contribution is -2.37. The summed E-state index contributed by atoms with van der Waals surface area (Å²) in [4.78, 5) is 20.0. The molecule has 0 spiro atoms. The van der Waals surface area contributed by atoms with Gasteiger partial charge < -0.3 is 10.3 Å². The molecule has 1 aliphatic heterocycles. The van der Waals surface area contributed by atoms with E-state index in [-0.39, 0.29) is 18.1 Å². The van der Waals surface area contributed by atoms with E-state index in [2.05, 4.69) is 15.3 Å². The number of anilines is 2. The highest BCUT2D eigenvalue weighted by Crippen LogP contribution is 2.26. The smallest absolute Gasteiger partial charge is 0.235 e. The van der Waals surface area contributed by atoms with E-state index >= 15 is 0 Å². The van der Waals surface area contributed by atoms with Gasteiger partial charge in [0.15, 0.2) is 0 Å². The first-order chi connectivity index (χ1) is 13.5. The maximum absolute atomic E-state index is 12.3. The number of imidazole rings is 1. The van der Waals surface area contributed by atoms with Crippen molar-refractivity contribution in [3.05, 3.63) is 54.4 Å². The summed E-state index contributed by atoms with van der Waals surface area (Å²) in [5.74, 6) is 0.796. The minimum absolute atomic E-state index is 0.140. The van der Waals surface area contributed by atoms with E-state index in [1.54, 1.807) is 24.3 Å². The maximum atomic E-state index is 12.3. The number of aromatic nitrogens is 2. The molecule has 2 heterocycles. The molecule has 3 aromatic rings. The third-order valence-electron chi connectivity index (χ3n) is 4.79. The summed E-state index contributed by atoms with van der Waals surface area (Å²) in [6.45, 7) is 0.478. The lowest BCUT2D eigenvalue weighted by atomic mass is 10.2. The Balaban J connectivity index is 1.40. The normalized spacial score (nSPS) is 16.2. The second-order valence-corrected chi connectivity index (χ2v) is 8.91. The van der Waals surface area contributed by atoms with E-state index in [0.717, 1.165) is 23.3 Å². The number of rotatable bonds is 5. The van der Waals surface area contributed by atoms with Gasteiger partial charge in [-0.25, -0.2) is 13.4 Å². The third kappa shape index (κ3) is 4.01. The first-order valence-electron chi connectivity index (χ1n) is 9.35. The van der Waals surface area contributed by atoms with Crippen molar-refractivity contribution >= 4 is 38.3 Å². The largest absolute Gasteiger partial charge is 0.342 e. The van der Waals surface area contributed by atoms with Gasteiger partial charge in [-0.3, -0.25) is 9.10 Å². The number of fused-ring (bicyclic) bond motifs is 1. The average Bonchev–Trinajstić information content (AvgIpc) is 3.09. The highest BCUT2D eigenvalue weighted by molar-refractivity contribution is 7.92. The fourth-order valence-corrected chi connectivity index (χ4v) is 5.03. The van der Waals surface area contributed by atoms with Crippen molar-refractivity contribution in [3.63, 3.8) is 0 Å². The van der Waals surface area contributed by atoms with Crippen LogP contribution in [0.3, 0.4) is 0 Å². The summed E-state index contributed by atoms with van der Waals surface area (Å²) in [7, 11) is -3.27. The monoisotopic (exact) mass is 398 g/mol. The van der Waals surface area contributed by atoms with Gasteiger partial charge in [0, 0.05) is 25.1 Å². The van der Waals surface area contributed by atoms with Gasteiger partial charge >= 0.3 is 0 Å². The first kappa shape index (κ1) is 18.5. The highest BCUT2D eigenvalue weighted by atomic mass is 32.2. The summed E-state index contributed by atoms with van der Waals surface area (Å²) in [6, 6.07) is 14.7. The molecule has 0 radical (unpaired) electrons. The number of para-hydroxylation sites is 2. The zero-order valence-electron chi connectivity index (χ0n) is 15.4. The van der Waals surface area contributed by atoms with E-state index in [4.69, 9.17) is 0 Å². The van der Waals surface area contributed by atoms with Gasteiger partial charge in [-0.15, -0.1) is 0 Å². The molecular formula is C20H22N4O3S. The average molecular weight is 398 g/mol. The number of hydrogen-bond donors (Lipinski definition) is 2. The minimum Gasteiger partial charge on any atom is -0.342 e. The lowest BCUT2D eigenvalue weighted by molar-refractivity contribution is -0.116. The quantitative estimate of drug-likeness (QED) is 0.690. The van der Waals surface area contributed by atoms with E-state index in [1.807, 2.05) is 24.3 Å². The van der Waals surface area contributed by atoms with Crippen molar-refractivity contribution in [2.45, 2.75) is 25.7 Å². The molecule has 2 N–H and O–H groups in total. The molecule has 0 atom stereocenters. The second kappa shape index (κ2) is 7.63. The van der Waals surface area contributed by atoms with Crippen LogP contribution in [0.4, 0.5) is 11.4 Å². The number of aromatic amines is 1. The predicted octanol–water partition coefficient (Wildman–Crippen LogP) is 3.06. The fraction of sp³-hybridized carbons (Fsp3) is 0.300. The Morgan fingerprint density at radius 3 is 2.82 bits per heavy atom. The Morgan fingerprint density at radius 1 is 1.14 bits per heavy atom. The fourth-order valence-electron chi connectivity index (χ4n) is 3.40. The topological polar surface area (TPSA) is 95.2 Å². The van der Waals surface area contributed by atoms with E-state index in [0.29, 0.717) is 30.8 Å². The zero-order valence-corrected chi connectivity index (χ0v) is 16.2. The molecule has 0 aliphatic carbocycles. The van der Waals surface area contributed by atoms with E-state index in [9.17, 15) is 13.2 Å². The SMILES string of the molecule is O=C(CCc1nc2ccccc2[nH]1)Nc1cccc(N2CCCCS2(=O)=O)c1. The van der Waals surface area contributed by atoms with Gasteiger partial charge in [0.2, 0.25) is 15.9 Å². The molecule has 1 saturated heterocycles. The Kier molecular flexibility index (Phi) is 5.04. The number of nitrogens with one attached hydrogen (secondary N) is 2. The molecule has 28 heavy (non-hydrogen) atoms. The molecule has 0 saturated carbocycles. The van der Waals surface area contributed by atoms with Crippen LogP contribution in [0, 0.1) is 0 Å². The summed E-state index contributed by atoms with van der Waals surface area (Å²) < 4.78 is 26.0. The summed E-state index contributed by atoms with van der Waals surface area (Å²) in [6.07, 6.45) is 2.32. The number of nitrogens with zero attached hydrogens (tertiary/aromatic N) is 2. The summed E-state index contributed by atoms with van der Waals surface area (Å²) >= 11 is 0. The number of carbonyl (C=O) groups excluding carboxylic acids is 1.